The first-order chi connectivity index (χ1) is 15.4. The van der Waals surface area contributed by atoms with Crippen molar-refractivity contribution >= 4 is 28.6 Å². The molecule has 32 heavy (non-hydrogen) atoms. The van der Waals surface area contributed by atoms with E-state index in [0.717, 1.165) is 33.2 Å². The Bertz CT molecular complexity index is 1370. The van der Waals surface area contributed by atoms with E-state index in [9.17, 15) is 14.4 Å². The topological polar surface area (TPSA) is 57.8 Å². The van der Waals surface area contributed by atoms with E-state index in [0.29, 0.717) is 12.2 Å². The van der Waals surface area contributed by atoms with Gasteiger partial charge >= 0.3 is 0 Å². The van der Waals surface area contributed by atoms with E-state index >= 15 is 0 Å². The lowest BCUT2D eigenvalue weighted by Gasteiger charge is -2.08. The van der Waals surface area contributed by atoms with Crippen LogP contribution in [0.1, 0.15) is 22.3 Å². The van der Waals surface area contributed by atoms with E-state index in [2.05, 4.69) is 5.32 Å². The van der Waals surface area contributed by atoms with Crippen molar-refractivity contribution in [2.75, 3.05) is 5.32 Å². The summed E-state index contributed by atoms with van der Waals surface area (Å²) >= 11 is 0. The van der Waals surface area contributed by atoms with Crippen LogP contribution in [0.2, 0.25) is 0 Å². The van der Waals surface area contributed by atoms with Crippen molar-refractivity contribution in [1.29, 1.82) is 5.26 Å². The Hall–Kier alpha value is -4.17. The minimum absolute atomic E-state index is 0.0228. The van der Waals surface area contributed by atoms with Gasteiger partial charge in [0.25, 0.3) is 5.91 Å². The molecule has 1 amide bonds. The summed E-state index contributed by atoms with van der Waals surface area (Å²) in [6.45, 7) is 4.45. The summed E-state index contributed by atoms with van der Waals surface area (Å²) in [6, 6.07) is 21.9. The van der Waals surface area contributed by atoms with Gasteiger partial charge in [-0.25, -0.2) is 4.39 Å². The fourth-order valence-corrected chi connectivity index (χ4v) is 3.76. The second kappa shape index (κ2) is 8.91. The van der Waals surface area contributed by atoms with E-state index < -0.39 is 5.91 Å². The Kier molecular flexibility index (Phi) is 5.87. The van der Waals surface area contributed by atoms with Crippen molar-refractivity contribution in [2.45, 2.75) is 20.4 Å². The second-order valence-corrected chi connectivity index (χ2v) is 7.80. The highest BCUT2D eigenvalue weighted by Gasteiger charge is 2.14. The number of halogens is 1. The molecule has 0 radical (unpaired) electrons. The highest BCUT2D eigenvalue weighted by molar-refractivity contribution is 6.11. The third-order valence-electron chi connectivity index (χ3n) is 5.38. The molecule has 0 spiro atoms. The molecule has 0 bridgehead atoms. The third kappa shape index (κ3) is 4.45. The largest absolute Gasteiger partial charge is 0.342 e. The summed E-state index contributed by atoms with van der Waals surface area (Å²) in [5.41, 5.74) is 5.44. The number of nitrogens with zero attached hydrogens (tertiary/aromatic N) is 2. The Morgan fingerprint density at radius 2 is 1.84 bits per heavy atom. The van der Waals surface area contributed by atoms with Crippen LogP contribution in [0.15, 0.2) is 78.5 Å². The van der Waals surface area contributed by atoms with Crippen LogP contribution < -0.4 is 5.32 Å². The van der Waals surface area contributed by atoms with Gasteiger partial charge in [-0.1, -0.05) is 48.0 Å². The molecule has 1 N–H and O–H groups in total. The van der Waals surface area contributed by atoms with Gasteiger partial charge in [0.15, 0.2) is 0 Å². The minimum atomic E-state index is -0.449. The van der Waals surface area contributed by atoms with Crippen molar-refractivity contribution < 1.29 is 9.18 Å². The molecule has 0 aliphatic heterocycles. The van der Waals surface area contributed by atoms with Gasteiger partial charge in [0.2, 0.25) is 0 Å². The molecule has 1 heterocycles. The Labute approximate surface area is 186 Å². The zero-order valence-corrected chi connectivity index (χ0v) is 17.9. The molecule has 0 saturated carbocycles. The molecule has 0 aliphatic carbocycles. The fraction of sp³-hybridized carbons (Fsp3) is 0.111. The number of nitrogens with one attached hydrogen (secondary N) is 1. The number of benzene rings is 3. The van der Waals surface area contributed by atoms with Crippen molar-refractivity contribution in [3.05, 3.63) is 107 Å². The number of carbonyl (C=O) groups is 1. The van der Waals surface area contributed by atoms with Gasteiger partial charge in [-0.15, -0.1) is 0 Å². The molecule has 0 unspecified atom stereocenters. The second-order valence-electron chi connectivity index (χ2n) is 7.80. The molecule has 0 aliphatic rings. The molecule has 3 aromatic carbocycles. The Balaban J connectivity index is 1.67. The zero-order chi connectivity index (χ0) is 22.7. The first-order valence-corrected chi connectivity index (χ1v) is 10.3. The van der Waals surface area contributed by atoms with E-state index in [1.807, 2.05) is 73.1 Å². The molecule has 0 fully saturated rings. The number of rotatable bonds is 5. The summed E-state index contributed by atoms with van der Waals surface area (Å²) < 4.78 is 15.3. The third-order valence-corrected chi connectivity index (χ3v) is 5.38. The van der Waals surface area contributed by atoms with Crippen LogP contribution in [-0.2, 0) is 11.3 Å². The summed E-state index contributed by atoms with van der Waals surface area (Å²) in [5, 5.41) is 13.4. The van der Waals surface area contributed by atoms with Gasteiger partial charge in [-0.2, -0.15) is 5.26 Å². The zero-order valence-electron chi connectivity index (χ0n) is 17.9. The molecule has 5 heteroatoms. The quantitative estimate of drug-likeness (QED) is 0.317. The average Bonchev–Trinajstić information content (AvgIpc) is 3.12. The highest BCUT2D eigenvalue weighted by Crippen LogP contribution is 2.25. The lowest BCUT2D eigenvalue weighted by Crippen LogP contribution is -2.14. The maximum absolute atomic E-state index is 13.3. The average molecular weight is 423 g/mol. The Morgan fingerprint density at radius 3 is 2.56 bits per heavy atom. The lowest BCUT2D eigenvalue weighted by molar-refractivity contribution is -0.112. The molecule has 1 aromatic heterocycles. The molecule has 4 nitrogen and oxygen atoms in total. The van der Waals surface area contributed by atoms with E-state index in [4.69, 9.17) is 0 Å². The lowest BCUT2D eigenvalue weighted by atomic mass is 10.1. The van der Waals surface area contributed by atoms with Gasteiger partial charge in [0, 0.05) is 34.9 Å². The van der Waals surface area contributed by atoms with Crippen LogP contribution in [0.4, 0.5) is 10.1 Å². The molecule has 0 atom stereocenters. The summed E-state index contributed by atoms with van der Waals surface area (Å²) in [7, 11) is 0. The van der Waals surface area contributed by atoms with Crippen LogP contribution in [0, 0.1) is 31.0 Å². The maximum atomic E-state index is 13.3. The van der Waals surface area contributed by atoms with E-state index in [-0.39, 0.29) is 11.4 Å². The summed E-state index contributed by atoms with van der Waals surface area (Å²) in [6.07, 6.45) is 3.53. The predicted molar refractivity (Wildman–Crippen MR) is 126 cm³/mol. The molecule has 0 saturated heterocycles. The van der Waals surface area contributed by atoms with Crippen LogP contribution >= 0.6 is 0 Å². The number of nitriles is 1. The van der Waals surface area contributed by atoms with Crippen molar-refractivity contribution in [2.24, 2.45) is 0 Å². The predicted octanol–water partition coefficient (Wildman–Crippen LogP) is 5.99. The number of aryl methyl sites for hydroxylation is 2. The van der Waals surface area contributed by atoms with Gasteiger partial charge in [-0.3, -0.25) is 4.79 Å². The standard InChI is InChI=1S/C27H22FN3O/c1-18-7-12-25(19(2)13-18)30-27(32)21(15-29)14-22-17-31(26-6-4-3-5-24(22)26)16-20-8-10-23(28)11-9-20/h3-14,17H,16H2,1-2H3,(H,30,32)/b21-14+. The van der Waals surface area contributed by atoms with Crippen LogP contribution in [0.5, 0.6) is 0 Å². The number of para-hydroxylation sites is 1. The van der Waals surface area contributed by atoms with Crippen LogP contribution in [0.25, 0.3) is 17.0 Å². The van der Waals surface area contributed by atoms with Crippen molar-refractivity contribution in [3.63, 3.8) is 0 Å². The summed E-state index contributed by atoms with van der Waals surface area (Å²) in [4.78, 5) is 12.8. The maximum Gasteiger partial charge on any atom is 0.266 e. The highest BCUT2D eigenvalue weighted by atomic mass is 19.1. The number of anilines is 1. The molecular weight excluding hydrogens is 401 g/mol. The number of amides is 1. The van der Waals surface area contributed by atoms with Gasteiger partial charge in [0.1, 0.15) is 17.5 Å². The Morgan fingerprint density at radius 1 is 1.09 bits per heavy atom. The first-order valence-electron chi connectivity index (χ1n) is 10.3. The van der Waals surface area contributed by atoms with Crippen LogP contribution in [-0.4, -0.2) is 10.5 Å². The van der Waals surface area contributed by atoms with E-state index in [1.165, 1.54) is 12.1 Å². The number of carbonyl (C=O) groups excluding carboxylic acids is 1. The fourth-order valence-electron chi connectivity index (χ4n) is 3.76. The smallest absolute Gasteiger partial charge is 0.266 e. The molecule has 4 aromatic rings. The molecule has 4 rings (SSSR count). The summed E-state index contributed by atoms with van der Waals surface area (Å²) in [5.74, 6) is -0.724. The number of fused-ring (bicyclic) bond motifs is 1. The SMILES string of the molecule is Cc1ccc(NC(=O)/C(C#N)=C/c2cn(Cc3ccc(F)cc3)c3ccccc23)c(C)c1. The normalized spacial score (nSPS) is 11.4. The molecule has 158 valence electrons. The van der Waals surface area contributed by atoms with E-state index in [1.54, 1.807) is 18.2 Å². The number of hydrogen-bond acceptors (Lipinski definition) is 2. The van der Waals surface area contributed by atoms with Crippen molar-refractivity contribution in [3.8, 4) is 6.07 Å². The van der Waals surface area contributed by atoms with Gasteiger partial charge in [-0.05, 0) is 55.3 Å². The monoisotopic (exact) mass is 423 g/mol. The van der Waals surface area contributed by atoms with Gasteiger partial charge < -0.3 is 9.88 Å². The first kappa shape index (κ1) is 21.1. The van der Waals surface area contributed by atoms with Gasteiger partial charge in [0.05, 0.1) is 0 Å². The number of aromatic nitrogens is 1. The minimum Gasteiger partial charge on any atom is -0.342 e. The van der Waals surface area contributed by atoms with Crippen LogP contribution in [0.3, 0.4) is 0 Å². The number of hydrogen-bond donors (Lipinski definition) is 1. The molecular formula is C27H22FN3O. The van der Waals surface area contributed by atoms with Crippen molar-refractivity contribution in [1.82, 2.24) is 4.57 Å².